The number of carbonyl (C=O) groups is 1. The maximum atomic E-state index is 12.7. The maximum absolute atomic E-state index is 12.7. The number of hydrogen-bond donors (Lipinski definition) is 2. The number of ether oxygens (including phenoxy) is 1. The van der Waals surface area contributed by atoms with Gasteiger partial charge >= 0.3 is 6.03 Å². The van der Waals surface area contributed by atoms with Crippen LogP contribution in [0.3, 0.4) is 0 Å². The van der Waals surface area contributed by atoms with E-state index in [2.05, 4.69) is 39.8 Å². The first-order valence-corrected chi connectivity index (χ1v) is 12.2. The summed E-state index contributed by atoms with van der Waals surface area (Å²) in [5, 5.41) is 9.37. The van der Waals surface area contributed by atoms with Crippen molar-refractivity contribution in [1.82, 2.24) is 4.90 Å². The standard InChI is InChI=1S/C24H32N4O2S/c1-28(13-14-30-2)16-17-9-11-20(12-10-17)31(25)27-24(29)26-23-21-7-3-5-18(21)15-19-6-4-8-22(19)23/h9-12,15H,3-8,13-14,16H2,1-2H3,(H3,25,26,27,29). The number of carbonyl (C=O) groups excluding carboxylic acids is 1. The first-order valence-electron chi connectivity index (χ1n) is 11.0. The zero-order valence-electron chi connectivity index (χ0n) is 18.4. The highest BCUT2D eigenvalue weighted by molar-refractivity contribution is 7.85. The van der Waals surface area contributed by atoms with Gasteiger partial charge in [-0.1, -0.05) is 18.2 Å². The molecule has 2 aromatic rings. The Morgan fingerprint density at radius 1 is 1.13 bits per heavy atom. The summed E-state index contributed by atoms with van der Waals surface area (Å²) in [4.78, 5) is 15.8. The molecule has 2 amide bonds. The Kier molecular flexibility index (Phi) is 7.17. The number of anilines is 1. The Morgan fingerprint density at radius 2 is 1.77 bits per heavy atom. The van der Waals surface area contributed by atoms with E-state index in [4.69, 9.17) is 9.88 Å². The number of likely N-dealkylation sites (N-methyl/N-ethyl adjacent to an activating group) is 1. The average Bonchev–Trinajstić information content (AvgIpc) is 3.42. The highest BCUT2D eigenvalue weighted by Crippen LogP contribution is 2.38. The predicted molar refractivity (Wildman–Crippen MR) is 126 cm³/mol. The van der Waals surface area contributed by atoms with Gasteiger partial charge in [0.25, 0.3) is 0 Å². The molecule has 0 radical (unpaired) electrons. The van der Waals surface area contributed by atoms with Crippen LogP contribution in [0.25, 0.3) is 0 Å². The lowest BCUT2D eigenvalue weighted by molar-refractivity contribution is 0.158. The molecule has 0 fully saturated rings. The van der Waals surface area contributed by atoms with Gasteiger partial charge in [-0.2, -0.15) is 4.36 Å². The van der Waals surface area contributed by atoms with E-state index in [9.17, 15) is 4.79 Å². The summed E-state index contributed by atoms with van der Waals surface area (Å²) in [6, 6.07) is 10.1. The molecule has 0 aliphatic heterocycles. The van der Waals surface area contributed by atoms with Crippen LogP contribution >= 0.6 is 0 Å². The molecule has 2 aromatic carbocycles. The molecule has 6 nitrogen and oxygen atoms in total. The van der Waals surface area contributed by atoms with Gasteiger partial charge in [-0.25, -0.2) is 4.79 Å². The number of fused-ring (bicyclic) bond motifs is 2. The molecular formula is C24H32N4O2S. The van der Waals surface area contributed by atoms with E-state index in [-0.39, 0.29) is 6.03 Å². The summed E-state index contributed by atoms with van der Waals surface area (Å²) in [6.07, 6.45) is 6.60. The SMILES string of the molecule is COCCN(C)Cc1ccc(S(N)=NC(=O)Nc2c3c(cc4c2CCC4)CCC3)cc1. The summed E-state index contributed by atoms with van der Waals surface area (Å²) in [6.45, 7) is 2.43. The van der Waals surface area contributed by atoms with Crippen LogP contribution in [0.5, 0.6) is 0 Å². The third-order valence-electron chi connectivity index (χ3n) is 6.18. The minimum absolute atomic E-state index is 0.344. The lowest BCUT2D eigenvalue weighted by Gasteiger charge is -2.16. The van der Waals surface area contributed by atoms with Crippen molar-refractivity contribution in [3.05, 3.63) is 58.1 Å². The Hall–Kier alpha value is -2.06. The highest BCUT2D eigenvalue weighted by Gasteiger charge is 2.24. The number of hydrogen-bond acceptors (Lipinski definition) is 3. The minimum atomic E-state index is -0.980. The Bertz CT molecular complexity index is 956. The molecular weight excluding hydrogens is 408 g/mol. The van der Waals surface area contributed by atoms with E-state index in [1.54, 1.807) is 7.11 Å². The second-order valence-electron chi connectivity index (χ2n) is 8.44. The zero-order valence-corrected chi connectivity index (χ0v) is 19.3. The lowest BCUT2D eigenvalue weighted by atomic mass is 9.99. The highest BCUT2D eigenvalue weighted by atomic mass is 32.2. The Morgan fingerprint density at radius 3 is 2.39 bits per heavy atom. The third kappa shape index (κ3) is 5.23. The van der Waals surface area contributed by atoms with Crippen LogP contribution in [0.1, 0.15) is 40.7 Å². The van der Waals surface area contributed by atoms with Gasteiger partial charge in [0, 0.05) is 41.7 Å². The molecule has 31 heavy (non-hydrogen) atoms. The summed E-state index contributed by atoms with van der Waals surface area (Å²) >= 11 is 0. The molecule has 3 N–H and O–H groups in total. The predicted octanol–water partition coefficient (Wildman–Crippen LogP) is 4.01. The molecule has 0 aromatic heterocycles. The lowest BCUT2D eigenvalue weighted by Crippen LogP contribution is -2.22. The van der Waals surface area contributed by atoms with Crippen molar-refractivity contribution in [2.75, 3.05) is 32.6 Å². The first-order chi connectivity index (χ1) is 15.0. The summed E-state index contributed by atoms with van der Waals surface area (Å²) < 4.78 is 9.37. The van der Waals surface area contributed by atoms with E-state index in [1.807, 2.05) is 12.1 Å². The van der Waals surface area contributed by atoms with E-state index in [1.165, 1.54) is 27.8 Å². The average molecular weight is 441 g/mol. The molecule has 0 saturated carbocycles. The third-order valence-corrected chi connectivity index (χ3v) is 7.30. The largest absolute Gasteiger partial charge is 0.383 e. The van der Waals surface area contributed by atoms with Gasteiger partial charge in [-0.15, -0.1) is 0 Å². The molecule has 7 heteroatoms. The molecule has 2 aliphatic rings. The quantitative estimate of drug-likeness (QED) is 0.682. The molecule has 2 aliphatic carbocycles. The zero-order chi connectivity index (χ0) is 21.8. The van der Waals surface area contributed by atoms with Crippen LogP contribution in [0.15, 0.2) is 39.6 Å². The van der Waals surface area contributed by atoms with Crippen molar-refractivity contribution in [2.45, 2.75) is 50.0 Å². The topological polar surface area (TPSA) is 80.0 Å². The van der Waals surface area contributed by atoms with E-state index in [0.29, 0.717) is 6.61 Å². The van der Waals surface area contributed by atoms with Gasteiger partial charge in [0.1, 0.15) is 0 Å². The molecule has 4 rings (SSSR count). The van der Waals surface area contributed by atoms with Gasteiger partial charge in [-0.05, 0) is 85.5 Å². The smallest absolute Gasteiger partial charge is 0.352 e. The van der Waals surface area contributed by atoms with Crippen LogP contribution in [0.4, 0.5) is 10.5 Å². The fourth-order valence-corrected chi connectivity index (χ4v) is 5.36. The number of benzene rings is 2. The number of nitrogens with zero attached hydrogens (tertiary/aromatic N) is 2. The van der Waals surface area contributed by atoms with Gasteiger partial charge in [0.15, 0.2) is 0 Å². The number of nitrogens with two attached hydrogens (primary N) is 1. The second kappa shape index (κ2) is 10.0. The van der Waals surface area contributed by atoms with Crippen LogP contribution < -0.4 is 10.5 Å². The van der Waals surface area contributed by atoms with Gasteiger partial charge in [-0.3, -0.25) is 10.0 Å². The molecule has 166 valence electrons. The van der Waals surface area contributed by atoms with Crippen molar-refractivity contribution in [3.63, 3.8) is 0 Å². The van der Waals surface area contributed by atoms with Crippen LogP contribution in [-0.2, 0) is 47.8 Å². The second-order valence-corrected chi connectivity index (χ2v) is 9.73. The number of methoxy groups -OCH3 is 1. The van der Waals surface area contributed by atoms with E-state index in [0.717, 1.165) is 62.2 Å². The maximum Gasteiger partial charge on any atom is 0.352 e. The normalized spacial score (nSPS) is 15.9. The molecule has 1 atom stereocenters. The fourth-order valence-electron chi connectivity index (χ4n) is 4.61. The number of urea groups is 1. The van der Waals surface area contributed by atoms with Crippen molar-refractivity contribution < 1.29 is 9.53 Å². The van der Waals surface area contributed by atoms with Gasteiger partial charge < -0.3 is 10.1 Å². The Labute approximate surface area is 187 Å². The van der Waals surface area contributed by atoms with Crippen molar-refractivity contribution in [3.8, 4) is 0 Å². The number of aryl methyl sites for hydroxylation is 2. The number of amides is 2. The molecule has 0 heterocycles. The summed E-state index contributed by atoms with van der Waals surface area (Å²) in [7, 11) is 2.80. The van der Waals surface area contributed by atoms with Crippen LogP contribution in [0, 0.1) is 0 Å². The number of nitrogens with one attached hydrogen (secondary N) is 1. The molecule has 0 saturated heterocycles. The monoisotopic (exact) mass is 440 g/mol. The summed E-state index contributed by atoms with van der Waals surface area (Å²) in [5.74, 6) is 0. The van der Waals surface area contributed by atoms with Crippen LogP contribution in [0.2, 0.25) is 0 Å². The first kappa shape index (κ1) is 22.1. The molecule has 0 bridgehead atoms. The fraction of sp³-hybridized carbons (Fsp3) is 0.458. The number of rotatable bonds is 7. The van der Waals surface area contributed by atoms with Crippen molar-refractivity contribution in [2.24, 2.45) is 9.50 Å². The molecule has 0 spiro atoms. The summed E-state index contributed by atoms with van der Waals surface area (Å²) in [5.41, 5.74) is 7.62. The van der Waals surface area contributed by atoms with E-state index < -0.39 is 10.9 Å². The minimum Gasteiger partial charge on any atom is -0.383 e. The van der Waals surface area contributed by atoms with Crippen molar-refractivity contribution in [1.29, 1.82) is 0 Å². The van der Waals surface area contributed by atoms with E-state index >= 15 is 0 Å². The molecule has 1 unspecified atom stereocenters. The Balaban J connectivity index is 1.44. The van der Waals surface area contributed by atoms with Gasteiger partial charge in [0.05, 0.1) is 6.61 Å². The van der Waals surface area contributed by atoms with Crippen LogP contribution in [-0.4, -0.2) is 38.2 Å². The van der Waals surface area contributed by atoms with Crippen molar-refractivity contribution >= 4 is 22.6 Å². The van der Waals surface area contributed by atoms with Gasteiger partial charge in [0.2, 0.25) is 0 Å².